The van der Waals surface area contributed by atoms with Gasteiger partial charge in [-0.25, -0.2) is 0 Å². The van der Waals surface area contributed by atoms with Crippen LogP contribution in [0.5, 0.6) is 0 Å². The van der Waals surface area contributed by atoms with Crippen LogP contribution in [0.25, 0.3) is 0 Å². The lowest BCUT2D eigenvalue weighted by Crippen LogP contribution is -2.44. The zero-order chi connectivity index (χ0) is 13.5. The first kappa shape index (κ1) is 15.9. The summed E-state index contributed by atoms with van der Waals surface area (Å²) in [5.41, 5.74) is 0. The van der Waals surface area contributed by atoms with Crippen LogP contribution in [0.2, 0.25) is 0 Å². The summed E-state index contributed by atoms with van der Waals surface area (Å²) in [4.78, 5) is 2.64. The molecule has 108 valence electrons. The molecule has 0 radical (unpaired) electrons. The lowest BCUT2D eigenvalue weighted by atomic mass is 10.1. The zero-order valence-corrected chi connectivity index (χ0v) is 12.9. The van der Waals surface area contributed by atoms with Crippen LogP contribution < -0.4 is 5.32 Å². The van der Waals surface area contributed by atoms with Gasteiger partial charge in [-0.1, -0.05) is 13.8 Å². The quantitative estimate of drug-likeness (QED) is 0.650. The van der Waals surface area contributed by atoms with Crippen molar-refractivity contribution < 1.29 is 4.74 Å². The molecule has 3 heteroatoms. The highest BCUT2D eigenvalue weighted by Crippen LogP contribution is 2.35. The van der Waals surface area contributed by atoms with E-state index in [1.807, 2.05) is 0 Å². The van der Waals surface area contributed by atoms with Gasteiger partial charge >= 0.3 is 0 Å². The molecule has 1 fully saturated rings. The Morgan fingerprint density at radius 2 is 1.89 bits per heavy atom. The van der Waals surface area contributed by atoms with Gasteiger partial charge in [-0.3, -0.25) is 4.90 Å². The van der Waals surface area contributed by atoms with Crippen LogP contribution in [-0.2, 0) is 4.74 Å². The summed E-state index contributed by atoms with van der Waals surface area (Å²) in [6.45, 7) is 12.2. The Morgan fingerprint density at radius 1 is 1.22 bits per heavy atom. The summed E-state index contributed by atoms with van der Waals surface area (Å²) in [5, 5.41) is 3.51. The highest BCUT2D eigenvalue weighted by atomic mass is 16.5. The minimum absolute atomic E-state index is 0.588. The molecular formula is C15H32N2O. The maximum atomic E-state index is 5.26. The number of hydrogen-bond acceptors (Lipinski definition) is 3. The Labute approximate surface area is 113 Å². The average molecular weight is 256 g/mol. The Balaban J connectivity index is 2.36. The van der Waals surface area contributed by atoms with Gasteiger partial charge in [0, 0.05) is 31.8 Å². The summed E-state index contributed by atoms with van der Waals surface area (Å²) in [5.74, 6) is 0.933. The molecule has 0 amide bonds. The molecule has 0 aromatic heterocycles. The Hall–Kier alpha value is -0.120. The molecule has 0 aliphatic heterocycles. The molecule has 0 spiro atoms. The van der Waals surface area contributed by atoms with Crippen molar-refractivity contribution in [2.45, 2.75) is 65.1 Å². The van der Waals surface area contributed by atoms with Gasteiger partial charge in [0.15, 0.2) is 0 Å². The van der Waals surface area contributed by atoms with Gasteiger partial charge < -0.3 is 10.1 Å². The Kier molecular flexibility index (Phi) is 7.20. The van der Waals surface area contributed by atoms with Crippen molar-refractivity contribution in [3.8, 4) is 0 Å². The minimum Gasteiger partial charge on any atom is -0.383 e. The van der Waals surface area contributed by atoms with Gasteiger partial charge in [0.1, 0.15) is 0 Å². The summed E-state index contributed by atoms with van der Waals surface area (Å²) >= 11 is 0. The fourth-order valence-corrected chi connectivity index (χ4v) is 2.62. The normalized spacial score (nSPS) is 19.5. The third kappa shape index (κ3) is 5.68. The first-order chi connectivity index (χ1) is 8.56. The minimum atomic E-state index is 0.588. The maximum absolute atomic E-state index is 5.26. The number of rotatable bonds is 10. The van der Waals surface area contributed by atoms with Crippen LogP contribution in [0.15, 0.2) is 0 Å². The van der Waals surface area contributed by atoms with Crippen molar-refractivity contribution in [3.63, 3.8) is 0 Å². The molecule has 1 saturated carbocycles. The molecular weight excluding hydrogens is 224 g/mol. The van der Waals surface area contributed by atoms with E-state index in [4.69, 9.17) is 4.74 Å². The van der Waals surface area contributed by atoms with Crippen LogP contribution in [0.1, 0.15) is 47.0 Å². The smallest absolute Gasteiger partial charge is 0.0589 e. The number of nitrogens with zero attached hydrogens (tertiary/aromatic N) is 1. The van der Waals surface area contributed by atoms with Crippen LogP contribution in [-0.4, -0.2) is 49.8 Å². The second kappa shape index (κ2) is 8.13. The van der Waals surface area contributed by atoms with E-state index in [1.165, 1.54) is 19.3 Å². The van der Waals surface area contributed by atoms with Gasteiger partial charge in [-0.15, -0.1) is 0 Å². The van der Waals surface area contributed by atoms with Crippen molar-refractivity contribution >= 4 is 0 Å². The van der Waals surface area contributed by atoms with Gasteiger partial charge in [-0.05, 0) is 45.6 Å². The Morgan fingerprint density at radius 3 is 2.39 bits per heavy atom. The molecule has 18 heavy (non-hydrogen) atoms. The molecule has 2 unspecified atom stereocenters. The fraction of sp³-hybridized carbons (Fsp3) is 1.00. The maximum Gasteiger partial charge on any atom is 0.0589 e. The second-order valence-electron chi connectivity index (χ2n) is 6.06. The van der Waals surface area contributed by atoms with Crippen molar-refractivity contribution in [3.05, 3.63) is 0 Å². The topological polar surface area (TPSA) is 24.5 Å². The average Bonchev–Trinajstić information content (AvgIpc) is 3.12. The number of nitrogens with one attached hydrogen (secondary N) is 1. The lowest BCUT2D eigenvalue weighted by molar-refractivity contribution is 0.0838. The van der Waals surface area contributed by atoms with Crippen LogP contribution >= 0.6 is 0 Å². The third-order valence-corrected chi connectivity index (χ3v) is 4.06. The second-order valence-corrected chi connectivity index (χ2v) is 6.06. The lowest BCUT2D eigenvalue weighted by Gasteiger charge is -2.35. The van der Waals surface area contributed by atoms with E-state index >= 15 is 0 Å². The SMILES string of the molecule is COCCN(C(C)CCNC(C)C)C(C)C1CC1. The summed E-state index contributed by atoms with van der Waals surface area (Å²) in [6, 6.07) is 1.95. The van der Waals surface area contributed by atoms with E-state index in [2.05, 4.69) is 37.9 Å². The van der Waals surface area contributed by atoms with Gasteiger partial charge in [0.2, 0.25) is 0 Å². The number of ether oxygens (including phenoxy) is 1. The predicted molar refractivity (Wildman–Crippen MR) is 78.0 cm³/mol. The molecule has 2 atom stereocenters. The van der Waals surface area contributed by atoms with E-state index in [9.17, 15) is 0 Å². The molecule has 1 aliphatic rings. The van der Waals surface area contributed by atoms with Crippen molar-refractivity contribution in [2.75, 3.05) is 26.8 Å². The van der Waals surface area contributed by atoms with Crippen LogP contribution in [0.3, 0.4) is 0 Å². The van der Waals surface area contributed by atoms with E-state index in [-0.39, 0.29) is 0 Å². The summed E-state index contributed by atoms with van der Waals surface area (Å²) in [7, 11) is 1.80. The fourth-order valence-electron chi connectivity index (χ4n) is 2.62. The monoisotopic (exact) mass is 256 g/mol. The molecule has 0 heterocycles. The standard InChI is InChI=1S/C15H32N2O/c1-12(2)16-9-8-13(3)17(10-11-18-5)14(4)15-6-7-15/h12-16H,6-11H2,1-5H3. The van der Waals surface area contributed by atoms with Crippen LogP contribution in [0, 0.1) is 5.92 Å². The molecule has 1 rings (SSSR count). The van der Waals surface area contributed by atoms with Crippen LogP contribution in [0.4, 0.5) is 0 Å². The zero-order valence-electron chi connectivity index (χ0n) is 12.9. The highest BCUT2D eigenvalue weighted by molar-refractivity contribution is 4.87. The summed E-state index contributed by atoms with van der Waals surface area (Å²) < 4.78 is 5.26. The summed E-state index contributed by atoms with van der Waals surface area (Å²) in [6.07, 6.45) is 4.06. The van der Waals surface area contributed by atoms with E-state index in [0.29, 0.717) is 18.1 Å². The van der Waals surface area contributed by atoms with Gasteiger partial charge in [0.05, 0.1) is 6.61 Å². The number of hydrogen-bond donors (Lipinski definition) is 1. The highest BCUT2D eigenvalue weighted by Gasteiger charge is 2.33. The van der Waals surface area contributed by atoms with Gasteiger partial charge in [-0.2, -0.15) is 0 Å². The van der Waals surface area contributed by atoms with Crippen molar-refractivity contribution in [2.24, 2.45) is 5.92 Å². The first-order valence-electron chi connectivity index (χ1n) is 7.54. The number of methoxy groups -OCH3 is 1. The van der Waals surface area contributed by atoms with E-state index in [1.54, 1.807) is 7.11 Å². The predicted octanol–water partition coefficient (Wildman–Crippen LogP) is 2.51. The molecule has 0 bridgehead atoms. The molecule has 0 aromatic carbocycles. The molecule has 0 saturated heterocycles. The molecule has 1 aliphatic carbocycles. The molecule has 1 N–H and O–H groups in total. The van der Waals surface area contributed by atoms with Gasteiger partial charge in [0.25, 0.3) is 0 Å². The third-order valence-electron chi connectivity index (χ3n) is 4.06. The van der Waals surface area contributed by atoms with E-state index < -0.39 is 0 Å². The van der Waals surface area contributed by atoms with Crippen molar-refractivity contribution in [1.82, 2.24) is 10.2 Å². The van der Waals surface area contributed by atoms with Crippen molar-refractivity contribution in [1.29, 1.82) is 0 Å². The Bertz CT molecular complexity index is 217. The first-order valence-corrected chi connectivity index (χ1v) is 7.54. The van der Waals surface area contributed by atoms with E-state index in [0.717, 1.165) is 25.6 Å². The largest absolute Gasteiger partial charge is 0.383 e. The molecule has 3 nitrogen and oxygen atoms in total. The molecule has 0 aromatic rings.